The molecule has 1 fully saturated rings. The number of hydrogen-bond donors (Lipinski definition) is 0. The van der Waals surface area contributed by atoms with Crippen molar-refractivity contribution >= 4 is 24.8 Å². The number of carbonyl (C=O) groups is 2. The second-order valence-corrected chi connectivity index (χ2v) is 4.68. The zero-order valence-corrected chi connectivity index (χ0v) is 11.7. The van der Waals surface area contributed by atoms with Gasteiger partial charge in [-0.05, 0) is 12.0 Å². The van der Waals surface area contributed by atoms with Gasteiger partial charge in [0.1, 0.15) is 12.8 Å². The van der Waals surface area contributed by atoms with Crippen LogP contribution in [0.1, 0.15) is 12.0 Å². The molecule has 20 heavy (non-hydrogen) atoms. The van der Waals surface area contributed by atoms with E-state index in [1.807, 2.05) is 30.3 Å². The third-order valence-corrected chi connectivity index (χ3v) is 3.13. The number of alkyl halides is 1. The van der Waals surface area contributed by atoms with E-state index in [1.165, 1.54) is 4.90 Å². The third-order valence-electron chi connectivity index (χ3n) is 3.13. The van der Waals surface area contributed by atoms with Gasteiger partial charge in [-0.15, -0.1) is 12.4 Å². The Bertz CT molecular complexity index is 443. The lowest BCUT2D eigenvalue weighted by atomic mass is 9.97. The molecule has 1 aromatic rings. The lowest BCUT2D eigenvalue weighted by molar-refractivity contribution is -0.153. The lowest BCUT2D eigenvalue weighted by Crippen LogP contribution is -2.43. The van der Waals surface area contributed by atoms with Gasteiger partial charge >= 0.3 is 5.97 Å². The summed E-state index contributed by atoms with van der Waals surface area (Å²) in [5, 5.41) is 0. The highest BCUT2D eigenvalue weighted by Gasteiger charge is 2.32. The molecule has 0 radical (unpaired) electrons. The van der Waals surface area contributed by atoms with E-state index in [-0.39, 0.29) is 38.5 Å². The molecule has 2 rings (SSSR count). The van der Waals surface area contributed by atoms with Gasteiger partial charge in [0.2, 0.25) is 6.41 Å². The number of rotatable bonds is 4. The van der Waals surface area contributed by atoms with Crippen molar-refractivity contribution < 1.29 is 18.7 Å². The molecular weight excluding hydrogens is 285 g/mol. The Morgan fingerprint density at radius 3 is 2.70 bits per heavy atom. The fourth-order valence-corrected chi connectivity index (χ4v) is 2.17. The number of ether oxygens (including phenoxy) is 1. The van der Waals surface area contributed by atoms with Crippen LogP contribution in [0.15, 0.2) is 30.3 Å². The zero-order chi connectivity index (χ0) is 13.7. The van der Waals surface area contributed by atoms with Crippen LogP contribution in [0, 0.1) is 5.92 Å². The highest BCUT2D eigenvalue weighted by atomic mass is 35.5. The first kappa shape index (κ1) is 16.4. The molecule has 6 heteroatoms. The van der Waals surface area contributed by atoms with Crippen molar-refractivity contribution in [2.24, 2.45) is 5.92 Å². The Kier molecular flexibility index (Phi) is 6.45. The van der Waals surface area contributed by atoms with Crippen molar-refractivity contribution in [1.29, 1.82) is 0 Å². The molecule has 0 unspecified atom stereocenters. The molecule has 0 saturated carbocycles. The lowest BCUT2D eigenvalue weighted by Gasteiger charge is -2.30. The number of esters is 1. The number of amides is 1. The Hall–Kier alpha value is -1.62. The largest absolute Gasteiger partial charge is 0.461 e. The van der Waals surface area contributed by atoms with Gasteiger partial charge in [0.05, 0.1) is 12.5 Å². The number of halogens is 2. The summed E-state index contributed by atoms with van der Waals surface area (Å²) in [6.07, 6.45) is -0.463. The number of likely N-dealkylation sites (tertiary alicyclic amines) is 1. The van der Waals surface area contributed by atoms with E-state index in [0.29, 0.717) is 6.41 Å². The fraction of sp³-hybridized carbons (Fsp3) is 0.429. The van der Waals surface area contributed by atoms with Crippen molar-refractivity contribution in [2.75, 3.05) is 13.1 Å². The van der Waals surface area contributed by atoms with Gasteiger partial charge in [-0.3, -0.25) is 9.59 Å². The van der Waals surface area contributed by atoms with Gasteiger partial charge in [-0.25, -0.2) is 4.39 Å². The average molecular weight is 302 g/mol. The van der Waals surface area contributed by atoms with Crippen LogP contribution in [0.4, 0.5) is 4.39 Å². The first-order chi connectivity index (χ1) is 9.19. The van der Waals surface area contributed by atoms with E-state index >= 15 is 0 Å². The molecule has 1 saturated heterocycles. The minimum Gasteiger partial charge on any atom is -0.461 e. The first-order valence-electron chi connectivity index (χ1n) is 6.23. The Labute approximate surface area is 123 Å². The van der Waals surface area contributed by atoms with Crippen molar-refractivity contribution in [2.45, 2.75) is 19.2 Å². The Morgan fingerprint density at radius 2 is 2.05 bits per heavy atom. The van der Waals surface area contributed by atoms with E-state index in [4.69, 9.17) is 4.74 Å². The molecule has 110 valence electrons. The maximum atomic E-state index is 13.4. The molecule has 0 aliphatic carbocycles. The van der Waals surface area contributed by atoms with E-state index in [2.05, 4.69) is 0 Å². The number of piperidine rings is 1. The quantitative estimate of drug-likeness (QED) is 0.631. The molecule has 1 heterocycles. The van der Waals surface area contributed by atoms with Gasteiger partial charge in [0, 0.05) is 6.54 Å². The minimum atomic E-state index is -1.16. The topological polar surface area (TPSA) is 46.6 Å². The number of nitrogens with zero attached hydrogens (tertiary/aromatic N) is 1. The second-order valence-electron chi connectivity index (χ2n) is 4.68. The van der Waals surface area contributed by atoms with Gasteiger partial charge in [-0.2, -0.15) is 0 Å². The summed E-state index contributed by atoms with van der Waals surface area (Å²) < 4.78 is 18.5. The third kappa shape index (κ3) is 4.49. The van der Waals surface area contributed by atoms with Gasteiger partial charge in [0.15, 0.2) is 0 Å². The van der Waals surface area contributed by atoms with Gasteiger partial charge in [-0.1, -0.05) is 30.3 Å². The summed E-state index contributed by atoms with van der Waals surface area (Å²) in [7, 11) is 0. The van der Waals surface area contributed by atoms with Crippen LogP contribution in [0.3, 0.4) is 0 Å². The van der Waals surface area contributed by atoms with Crippen LogP contribution in [0.25, 0.3) is 0 Å². The van der Waals surface area contributed by atoms with Crippen LogP contribution < -0.4 is 0 Å². The molecule has 0 aromatic heterocycles. The number of benzene rings is 1. The van der Waals surface area contributed by atoms with E-state index in [0.717, 1.165) is 5.56 Å². The van der Waals surface area contributed by atoms with Crippen molar-refractivity contribution in [3.63, 3.8) is 0 Å². The summed E-state index contributed by atoms with van der Waals surface area (Å²) in [4.78, 5) is 23.8. The summed E-state index contributed by atoms with van der Waals surface area (Å²) in [5.74, 6) is -1.02. The summed E-state index contributed by atoms with van der Waals surface area (Å²) in [5.41, 5.74) is 0.885. The molecule has 4 nitrogen and oxygen atoms in total. The van der Waals surface area contributed by atoms with E-state index in [9.17, 15) is 14.0 Å². The van der Waals surface area contributed by atoms with Gasteiger partial charge in [0.25, 0.3) is 0 Å². The number of hydrogen-bond acceptors (Lipinski definition) is 3. The molecule has 1 aliphatic heterocycles. The van der Waals surface area contributed by atoms with Crippen LogP contribution in [-0.2, 0) is 20.9 Å². The smallest absolute Gasteiger partial charge is 0.311 e. The normalized spacial score (nSPS) is 21.8. The van der Waals surface area contributed by atoms with Crippen LogP contribution in [0.5, 0.6) is 0 Å². The maximum Gasteiger partial charge on any atom is 0.311 e. The minimum absolute atomic E-state index is 0. The van der Waals surface area contributed by atoms with Crippen molar-refractivity contribution in [1.82, 2.24) is 4.90 Å². The highest BCUT2D eigenvalue weighted by Crippen LogP contribution is 2.20. The second kappa shape index (κ2) is 7.85. The summed E-state index contributed by atoms with van der Waals surface area (Å²) in [6.45, 7) is 0.470. The van der Waals surface area contributed by atoms with Crippen LogP contribution in [-0.4, -0.2) is 36.5 Å². The Balaban J connectivity index is 0.00000200. The van der Waals surface area contributed by atoms with Crippen LogP contribution >= 0.6 is 12.4 Å². The molecule has 0 bridgehead atoms. The zero-order valence-electron chi connectivity index (χ0n) is 10.9. The predicted molar refractivity (Wildman–Crippen MR) is 74.1 cm³/mol. The number of carbonyl (C=O) groups excluding carboxylic acids is 2. The monoisotopic (exact) mass is 301 g/mol. The molecule has 1 amide bonds. The predicted octanol–water partition coefficient (Wildman–Crippen LogP) is 1.97. The fourth-order valence-electron chi connectivity index (χ4n) is 2.17. The van der Waals surface area contributed by atoms with Crippen molar-refractivity contribution in [3.05, 3.63) is 35.9 Å². The van der Waals surface area contributed by atoms with E-state index in [1.54, 1.807) is 0 Å². The van der Waals surface area contributed by atoms with E-state index < -0.39 is 18.1 Å². The average Bonchev–Trinajstić information content (AvgIpc) is 2.45. The van der Waals surface area contributed by atoms with Crippen LogP contribution in [0.2, 0.25) is 0 Å². The molecule has 2 atom stereocenters. The van der Waals surface area contributed by atoms with Gasteiger partial charge < -0.3 is 9.64 Å². The summed E-state index contributed by atoms with van der Waals surface area (Å²) >= 11 is 0. The summed E-state index contributed by atoms with van der Waals surface area (Å²) in [6, 6.07) is 9.29. The standard InChI is InChI=1S/C14H16FNO3.ClH/c15-13-6-12(7-16(8-13)10-17)14(18)19-9-11-4-2-1-3-5-11;/h1-5,10,12-13H,6-9H2;1H/t12-,13+;/m1./s1. The molecule has 0 N–H and O–H groups in total. The molecule has 1 aromatic carbocycles. The SMILES string of the molecule is Cl.O=CN1C[C@@H](F)C[C@@H](C(=O)OCc2ccccc2)C1. The Morgan fingerprint density at radius 1 is 1.35 bits per heavy atom. The molecule has 0 spiro atoms. The van der Waals surface area contributed by atoms with Crippen molar-refractivity contribution in [3.8, 4) is 0 Å². The molecular formula is C14H17ClFNO3. The first-order valence-corrected chi connectivity index (χ1v) is 6.23. The highest BCUT2D eigenvalue weighted by molar-refractivity contribution is 5.85. The maximum absolute atomic E-state index is 13.4. The molecule has 1 aliphatic rings.